The number of rotatable bonds is 2. The molecule has 0 radical (unpaired) electrons. The topological polar surface area (TPSA) is 72.0 Å². The maximum Gasteiger partial charge on any atom is 0.451 e. The molecule has 1 aromatic carbocycles. The molecule has 0 unspecified atom stereocenters. The second kappa shape index (κ2) is 5.41. The quantitative estimate of drug-likeness (QED) is 0.717. The molecule has 0 saturated heterocycles. The molecule has 0 saturated carbocycles. The highest BCUT2D eigenvalue weighted by molar-refractivity contribution is 6.43. The zero-order valence-corrected chi connectivity index (χ0v) is 12.5. The van der Waals surface area contributed by atoms with Crippen molar-refractivity contribution in [2.45, 2.75) is 6.18 Å². The number of carbonyl (C=O) groups excluding carboxylic acids is 2. The van der Waals surface area contributed by atoms with Crippen LogP contribution in [0.1, 0.15) is 21.9 Å². The van der Waals surface area contributed by atoms with Crippen molar-refractivity contribution in [2.75, 3.05) is 5.32 Å². The Hall–Kier alpha value is -2.74. The van der Waals surface area contributed by atoms with Gasteiger partial charge in [0.2, 0.25) is 11.6 Å². The number of fused-ring (bicyclic) bond motifs is 3. The van der Waals surface area contributed by atoms with Crippen LogP contribution in [0, 0.1) is 0 Å². The fourth-order valence-corrected chi connectivity index (χ4v) is 2.31. The number of amides is 1. The van der Waals surface area contributed by atoms with Gasteiger partial charge >= 0.3 is 6.18 Å². The highest BCUT2D eigenvalue weighted by Crippen LogP contribution is 2.38. The molecule has 3 rings (SSSR count). The standard InChI is InChI=1S/C15H7ClF3N3O2/c1-6(16)13(24)21-7-2-3-8-9(4-7)12(23)11-10(8)5-20-14(22-11)15(17,18)19/h2-5H,1H2,(H,21,24). The Labute approximate surface area is 138 Å². The van der Waals surface area contributed by atoms with Crippen molar-refractivity contribution < 1.29 is 22.8 Å². The Bertz CT molecular complexity index is 909. The molecule has 1 heterocycles. The van der Waals surface area contributed by atoms with Gasteiger partial charge in [-0.15, -0.1) is 0 Å². The Morgan fingerprint density at radius 1 is 1.21 bits per heavy atom. The third-order valence-electron chi connectivity index (χ3n) is 3.32. The summed E-state index contributed by atoms with van der Waals surface area (Å²) in [6.45, 7) is 3.27. The van der Waals surface area contributed by atoms with E-state index in [1.54, 1.807) is 0 Å². The first kappa shape index (κ1) is 16.1. The van der Waals surface area contributed by atoms with E-state index in [1.807, 2.05) is 0 Å². The number of hydrogen-bond donors (Lipinski definition) is 1. The van der Waals surface area contributed by atoms with Gasteiger partial charge in [0.05, 0.1) is 5.03 Å². The average Bonchev–Trinajstić information content (AvgIpc) is 2.79. The summed E-state index contributed by atoms with van der Waals surface area (Å²) in [5.74, 6) is -2.71. The van der Waals surface area contributed by atoms with Crippen LogP contribution in [-0.2, 0) is 11.0 Å². The molecule has 9 heteroatoms. The normalized spacial score (nSPS) is 12.6. The Kier molecular flexibility index (Phi) is 3.64. The van der Waals surface area contributed by atoms with Gasteiger partial charge in [0.15, 0.2) is 0 Å². The lowest BCUT2D eigenvalue weighted by atomic mass is 10.1. The summed E-state index contributed by atoms with van der Waals surface area (Å²) >= 11 is 5.46. The van der Waals surface area contributed by atoms with Crippen LogP contribution < -0.4 is 5.32 Å². The molecule has 0 spiro atoms. The second-order valence-corrected chi connectivity index (χ2v) is 5.36. The fourth-order valence-electron chi connectivity index (χ4n) is 2.26. The third-order valence-corrected chi connectivity index (χ3v) is 3.49. The van der Waals surface area contributed by atoms with Crippen molar-refractivity contribution in [1.29, 1.82) is 0 Å². The van der Waals surface area contributed by atoms with Crippen molar-refractivity contribution in [1.82, 2.24) is 9.97 Å². The minimum atomic E-state index is -4.75. The Balaban J connectivity index is 2.02. The molecule has 1 aromatic heterocycles. The number of benzene rings is 1. The van der Waals surface area contributed by atoms with Gasteiger partial charge in [-0.05, 0) is 17.7 Å². The van der Waals surface area contributed by atoms with E-state index in [0.717, 1.165) is 6.20 Å². The molecular formula is C15H7ClF3N3O2. The third kappa shape index (κ3) is 2.65. The zero-order chi connectivity index (χ0) is 17.6. The van der Waals surface area contributed by atoms with Crippen LogP contribution in [0.25, 0.3) is 11.1 Å². The molecule has 122 valence electrons. The summed E-state index contributed by atoms with van der Waals surface area (Å²) < 4.78 is 38.1. The van der Waals surface area contributed by atoms with Gasteiger partial charge in [0.1, 0.15) is 5.69 Å². The SMILES string of the molecule is C=C(Cl)C(=O)Nc1ccc2c(c1)C(=O)c1nc(C(F)(F)F)ncc1-2. The highest BCUT2D eigenvalue weighted by Gasteiger charge is 2.38. The van der Waals surface area contributed by atoms with Crippen LogP contribution in [0.5, 0.6) is 0 Å². The average molecular weight is 354 g/mol. The summed E-state index contributed by atoms with van der Waals surface area (Å²) in [5.41, 5.74) is 0.661. The number of alkyl halides is 3. The molecule has 0 atom stereocenters. The maximum atomic E-state index is 12.7. The first-order valence-corrected chi connectivity index (χ1v) is 6.85. The molecule has 1 N–H and O–H groups in total. The van der Waals surface area contributed by atoms with Gasteiger partial charge in [0, 0.05) is 23.0 Å². The van der Waals surface area contributed by atoms with Gasteiger partial charge in [-0.25, -0.2) is 9.97 Å². The number of aromatic nitrogens is 2. The minimum Gasteiger partial charge on any atom is -0.321 e. The molecule has 5 nitrogen and oxygen atoms in total. The highest BCUT2D eigenvalue weighted by atomic mass is 35.5. The number of halogens is 4. The van der Waals surface area contributed by atoms with Crippen LogP contribution in [0.2, 0.25) is 0 Å². The number of anilines is 1. The number of nitrogens with one attached hydrogen (secondary N) is 1. The Morgan fingerprint density at radius 3 is 2.54 bits per heavy atom. The van der Waals surface area contributed by atoms with Gasteiger partial charge in [-0.3, -0.25) is 9.59 Å². The predicted octanol–water partition coefficient (Wildman–Crippen LogP) is 3.40. The summed E-state index contributed by atoms with van der Waals surface area (Å²) in [6, 6.07) is 4.31. The lowest BCUT2D eigenvalue weighted by Crippen LogP contribution is -2.13. The van der Waals surface area contributed by atoms with Gasteiger partial charge in [-0.2, -0.15) is 13.2 Å². The van der Waals surface area contributed by atoms with Crippen molar-refractivity contribution in [3.8, 4) is 11.1 Å². The Morgan fingerprint density at radius 2 is 1.92 bits per heavy atom. The monoisotopic (exact) mass is 353 g/mol. The molecule has 1 aliphatic carbocycles. The van der Waals surface area contributed by atoms with Crippen LogP contribution in [-0.4, -0.2) is 21.7 Å². The van der Waals surface area contributed by atoms with E-state index in [-0.39, 0.29) is 27.5 Å². The molecular weight excluding hydrogens is 347 g/mol. The molecule has 0 aliphatic heterocycles. The lowest BCUT2D eigenvalue weighted by molar-refractivity contribution is -0.145. The van der Waals surface area contributed by atoms with E-state index in [1.165, 1.54) is 18.2 Å². The maximum absolute atomic E-state index is 12.7. The van der Waals surface area contributed by atoms with Crippen LogP contribution in [0.15, 0.2) is 36.0 Å². The summed E-state index contributed by atoms with van der Waals surface area (Å²) in [7, 11) is 0. The summed E-state index contributed by atoms with van der Waals surface area (Å²) in [5, 5.41) is 2.17. The summed E-state index contributed by atoms with van der Waals surface area (Å²) in [6.07, 6.45) is -3.78. The van der Waals surface area contributed by atoms with E-state index >= 15 is 0 Å². The van der Waals surface area contributed by atoms with Gasteiger partial charge in [0.25, 0.3) is 5.91 Å². The second-order valence-electron chi connectivity index (χ2n) is 4.90. The van der Waals surface area contributed by atoms with E-state index in [4.69, 9.17) is 11.6 Å². The molecule has 1 aliphatic rings. The first-order valence-electron chi connectivity index (χ1n) is 6.47. The first-order chi connectivity index (χ1) is 11.2. The van der Waals surface area contributed by atoms with Crippen LogP contribution >= 0.6 is 11.6 Å². The van der Waals surface area contributed by atoms with Crippen LogP contribution in [0.4, 0.5) is 18.9 Å². The molecule has 0 fully saturated rings. The molecule has 0 bridgehead atoms. The van der Waals surface area contributed by atoms with Crippen LogP contribution in [0.3, 0.4) is 0 Å². The van der Waals surface area contributed by atoms with Crippen molar-refractivity contribution >= 4 is 29.0 Å². The number of nitrogens with zero attached hydrogens (tertiary/aromatic N) is 2. The van der Waals surface area contributed by atoms with E-state index in [2.05, 4.69) is 21.9 Å². The summed E-state index contributed by atoms with van der Waals surface area (Å²) in [4.78, 5) is 30.4. The van der Waals surface area contributed by atoms with Gasteiger partial charge in [-0.1, -0.05) is 24.2 Å². The van der Waals surface area contributed by atoms with E-state index in [9.17, 15) is 22.8 Å². The predicted molar refractivity (Wildman–Crippen MR) is 79.5 cm³/mol. The van der Waals surface area contributed by atoms with E-state index < -0.39 is 23.7 Å². The lowest BCUT2D eigenvalue weighted by Gasteiger charge is -2.06. The molecule has 24 heavy (non-hydrogen) atoms. The van der Waals surface area contributed by atoms with Crippen molar-refractivity contribution in [3.63, 3.8) is 0 Å². The number of carbonyl (C=O) groups is 2. The van der Waals surface area contributed by atoms with E-state index in [0.29, 0.717) is 5.56 Å². The number of hydrogen-bond acceptors (Lipinski definition) is 4. The van der Waals surface area contributed by atoms with Gasteiger partial charge < -0.3 is 5.32 Å². The fraction of sp³-hybridized carbons (Fsp3) is 0.0667. The zero-order valence-electron chi connectivity index (χ0n) is 11.7. The molecule has 2 aromatic rings. The number of ketones is 1. The van der Waals surface area contributed by atoms with Crippen molar-refractivity contribution in [3.05, 3.63) is 53.1 Å². The largest absolute Gasteiger partial charge is 0.451 e. The van der Waals surface area contributed by atoms with Crippen molar-refractivity contribution in [2.24, 2.45) is 0 Å². The minimum absolute atomic E-state index is 0.122. The molecule has 1 amide bonds. The smallest absolute Gasteiger partial charge is 0.321 e.